The molecule has 4 aromatic rings. The predicted molar refractivity (Wildman–Crippen MR) is 127 cm³/mol. The number of H-pyrrole nitrogens is 1. The Kier molecular flexibility index (Phi) is 5.36. The number of nitrogens with one attached hydrogen (secondary N) is 2. The zero-order valence-corrected chi connectivity index (χ0v) is 18.9. The average molecular weight is 490 g/mol. The van der Waals surface area contributed by atoms with Crippen LogP contribution < -0.4 is 20.3 Å². The van der Waals surface area contributed by atoms with Crippen LogP contribution >= 0.6 is 0 Å². The molecule has 0 bridgehead atoms. The quantitative estimate of drug-likeness (QED) is 0.447. The second-order valence-electron chi connectivity index (χ2n) is 8.83. The minimum atomic E-state index is -0.712. The van der Waals surface area contributed by atoms with Gasteiger partial charge in [0.2, 0.25) is 5.95 Å². The molecular formula is C26H20F2N4O4. The first-order valence-electron chi connectivity index (χ1n) is 11.5. The minimum absolute atomic E-state index is 0.0730. The van der Waals surface area contributed by atoms with Gasteiger partial charge in [-0.15, -0.1) is 0 Å². The predicted octanol–water partition coefficient (Wildman–Crippen LogP) is 3.89. The van der Waals surface area contributed by atoms with E-state index in [1.165, 1.54) is 18.3 Å². The number of Topliss-reactive ketones (excluding diaryl/α,β-unsaturated/α-hetero) is 1. The lowest BCUT2D eigenvalue weighted by molar-refractivity contribution is 0.0964. The molecule has 2 aromatic carbocycles. The molecule has 0 fully saturated rings. The lowest BCUT2D eigenvalue weighted by Crippen LogP contribution is -2.23. The lowest BCUT2D eigenvalue weighted by atomic mass is 9.79. The highest BCUT2D eigenvalue weighted by Crippen LogP contribution is 2.35. The Morgan fingerprint density at radius 3 is 2.58 bits per heavy atom. The Morgan fingerprint density at radius 1 is 1.00 bits per heavy atom. The van der Waals surface area contributed by atoms with Crippen molar-refractivity contribution in [2.24, 2.45) is 0 Å². The molecule has 8 nitrogen and oxygen atoms in total. The second kappa shape index (κ2) is 8.71. The number of carbonyl (C=O) groups excluding carboxylic acids is 1. The van der Waals surface area contributed by atoms with E-state index in [1.54, 1.807) is 0 Å². The van der Waals surface area contributed by atoms with Gasteiger partial charge in [0.15, 0.2) is 22.9 Å². The topological polar surface area (TPSA) is 106 Å². The van der Waals surface area contributed by atoms with Crippen LogP contribution in [0.15, 0.2) is 47.4 Å². The molecule has 3 heterocycles. The Labute approximate surface area is 203 Å². The van der Waals surface area contributed by atoms with Gasteiger partial charge in [-0.3, -0.25) is 14.6 Å². The fourth-order valence-electron chi connectivity index (χ4n) is 4.78. The largest absolute Gasteiger partial charge is 0.486 e. The van der Waals surface area contributed by atoms with E-state index in [4.69, 9.17) is 9.47 Å². The number of fused-ring (bicyclic) bond motifs is 4. The number of carbonyl (C=O) groups is 1. The van der Waals surface area contributed by atoms with E-state index < -0.39 is 23.1 Å². The van der Waals surface area contributed by atoms with Crippen molar-refractivity contribution in [1.82, 2.24) is 15.0 Å². The van der Waals surface area contributed by atoms with Gasteiger partial charge < -0.3 is 14.8 Å². The number of anilines is 1. The summed E-state index contributed by atoms with van der Waals surface area (Å²) in [6.07, 6.45) is 1.75. The van der Waals surface area contributed by atoms with Crippen LogP contribution in [0.25, 0.3) is 11.0 Å². The van der Waals surface area contributed by atoms with Crippen LogP contribution in [0.5, 0.6) is 11.5 Å². The summed E-state index contributed by atoms with van der Waals surface area (Å²) in [4.78, 5) is 37.3. The Balaban J connectivity index is 1.30. The molecule has 10 heteroatoms. The standard InChI is InChI=1S/C26H20F2N4O4/c27-16-6-14(7-17(28)10-16)15-8-18-19(20(33)9-15)12-29-24-23(18)25(34)32-26(31-24)30-11-13-1-2-21-22(5-13)36-4-3-35-21/h1-2,5-7,10,12,15H,3-4,8-9,11H2,(H2,29,30,31,32,34). The first-order valence-corrected chi connectivity index (χ1v) is 11.5. The van der Waals surface area contributed by atoms with Crippen molar-refractivity contribution in [2.45, 2.75) is 25.3 Å². The molecule has 2 aliphatic rings. The molecule has 182 valence electrons. The maximum absolute atomic E-state index is 13.8. The molecule has 6 rings (SSSR count). The number of aromatic nitrogens is 3. The van der Waals surface area contributed by atoms with Crippen molar-refractivity contribution in [3.05, 3.63) is 86.8 Å². The molecule has 0 spiro atoms. The van der Waals surface area contributed by atoms with Gasteiger partial charge in [0, 0.05) is 30.8 Å². The Bertz CT molecular complexity index is 1570. The van der Waals surface area contributed by atoms with Crippen LogP contribution in [-0.4, -0.2) is 33.9 Å². The number of ketones is 1. The molecule has 2 aromatic heterocycles. The molecule has 0 radical (unpaired) electrons. The van der Waals surface area contributed by atoms with E-state index in [0.717, 1.165) is 11.6 Å². The van der Waals surface area contributed by atoms with Crippen molar-refractivity contribution < 1.29 is 23.0 Å². The molecule has 1 atom stereocenters. The Hall–Kier alpha value is -4.34. The number of hydrogen-bond acceptors (Lipinski definition) is 7. The third-order valence-electron chi connectivity index (χ3n) is 6.45. The van der Waals surface area contributed by atoms with Crippen molar-refractivity contribution in [3.63, 3.8) is 0 Å². The van der Waals surface area contributed by atoms with Gasteiger partial charge in [0.25, 0.3) is 5.56 Å². The number of benzene rings is 2. The van der Waals surface area contributed by atoms with Gasteiger partial charge in [-0.25, -0.2) is 13.8 Å². The molecule has 0 saturated heterocycles. The number of aromatic amines is 1. The van der Waals surface area contributed by atoms with Crippen LogP contribution in [0, 0.1) is 11.6 Å². The molecule has 2 N–H and O–H groups in total. The zero-order valence-electron chi connectivity index (χ0n) is 18.9. The molecule has 0 amide bonds. The van der Waals surface area contributed by atoms with Crippen molar-refractivity contribution in [3.8, 4) is 11.5 Å². The fraction of sp³-hybridized carbons (Fsp3) is 0.231. The van der Waals surface area contributed by atoms with Gasteiger partial charge in [0.05, 0.1) is 5.39 Å². The van der Waals surface area contributed by atoms with Gasteiger partial charge in [0.1, 0.15) is 24.8 Å². The van der Waals surface area contributed by atoms with E-state index >= 15 is 0 Å². The van der Waals surface area contributed by atoms with Gasteiger partial charge >= 0.3 is 0 Å². The van der Waals surface area contributed by atoms with Crippen molar-refractivity contribution in [1.29, 1.82) is 0 Å². The minimum Gasteiger partial charge on any atom is -0.486 e. The SMILES string of the molecule is O=C1CC(c2cc(F)cc(F)c2)Cc2c1cnc1nc(NCc3ccc4c(c3)OCCO4)[nH]c(=O)c21. The summed E-state index contributed by atoms with van der Waals surface area (Å²) in [5.74, 6) is -0.558. The molecule has 1 aliphatic carbocycles. The number of ether oxygens (including phenoxy) is 2. The first-order chi connectivity index (χ1) is 17.4. The maximum atomic E-state index is 13.8. The van der Waals surface area contributed by atoms with Crippen LogP contribution in [0.4, 0.5) is 14.7 Å². The number of hydrogen-bond donors (Lipinski definition) is 2. The van der Waals surface area contributed by atoms with Crippen LogP contribution in [0.2, 0.25) is 0 Å². The third-order valence-corrected chi connectivity index (χ3v) is 6.45. The molecule has 0 saturated carbocycles. The van der Waals surface area contributed by atoms with E-state index in [9.17, 15) is 18.4 Å². The third kappa shape index (κ3) is 4.04. The molecule has 1 unspecified atom stereocenters. The summed E-state index contributed by atoms with van der Waals surface area (Å²) in [6, 6.07) is 8.80. The van der Waals surface area contributed by atoms with E-state index in [2.05, 4.69) is 20.3 Å². The molecule has 36 heavy (non-hydrogen) atoms. The fourth-order valence-corrected chi connectivity index (χ4v) is 4.78. The summed E-state index contributed by atoms with van der Waals surface area (Å²) in [7, 11) is 0. The van der Waals surface area contributed by atoms with Crippen molar-refractivity contribution >= 4 is 22.8 Å². The summed E-state index contributed by atoms with van der Waals surface area (Å²) >= 11 is 0. The number of pyridine rings is 1. The molecule has 1 aliphatic heterocycles. The lowest BCUT2D eigenvalue weighted by Gasteiger charge is -2.24. The van der Waals surface area contributed by atoms with Gasteiger partial charge in [-0.1, -0.05) is 6.07 Å². The highest BCUT2D eigenvalue weighted by atomic mass is 19.1. The number of rotatable bonds is 4. The number of halogens is 2. The number of nitrogens with zero attached hydrogens (tertiary/aromatic N) is 2. The van der Waals surface area contributed by atoms with Crippen LogP contribution in [0.3, 0.4) is 0 Å². The highest BCUT2D eigenvalue weighted by Gasteiger charge is 2.30. The van der Waals surface area contributed by atoms with E-state index in [1.807, 2.05) is 18.2 Å². The first kappa shape index (κ1) is 22.1. The summed E-state index contributed by atoms with van der Waals surface area (Å²) in [6.45, 7) is 1.35. The second-order valence-corrected chi connectivity index (χ2v) is 8.83. The average Bonchev–Trinajstić information content (AvgIpc) is 2.86. The van der Waals surface area contributed by atoms with E-state index in [0.29, 0.717) is 47.9 Å². The van der Waals surface area contributed by atoms with Crippen LogP contribution in [0.1, 0.15) is 39.4 Å². The summed E-state index contributed by atoms with van der Waals surface area (Å²) < 4.78 is 38.7. The van der Waals surface area contributed by atoms with Gasteiger partial charge in [-0.05, 0) is 53.3 Å². The van der Waals surface area contributed by atoms with E-state index in [-0.39, 0.29) is 35.6 Å². The monoisotopic (exact) mass is 490 g/mol. The zero-order chi connectivity index (χ0) is 24.8. The normalized spacial score (nSPS) is 16.6. The summed E-state index contributed by atoms with van der Waals surface area (Å²) in [5.41, 5.74) is 1.82. The maximum Gasteiger partial charge on any atom is 0.262 e. The smallest absolute Gasteiger partial charge is 0.262 e. The van der Waals surface area contributed by atoms with Crippen LogP contribution in [-0.2, 0) is 13.0 Å². The summed E-state index contributed by atoms with van der Waals surface area (Å²) in [5, 5.41) is 3.28. The highest BCUT2D eigenvalue weighted by molar-refractivity contribution is 6.02. The van der Waals surface area contributed by atoms with Crippen molar-refractivity contribution in [2.75, 3.05) is 18.5 Å². The molecular weight excluding hydrogens is 470 g/mol. The Morgan fingerprint density at radius 2 is 1.78 bits per heavy atom. The van der Waals surface area contributed by atoms with Gasteiger partial charge in [-0.2, -0.15) is 4.98 Å².